The molecule has 0 aliphatic carbocycles. The molecule has 1 aromatic heterocycles. The summed E-state index contributed by atoms with van der Waals surface area (Å²) in [7, 11) is -4.02. The maximum atomic E-state index is 13.2. The van der Waals surface area contributed by atoms with Crippen LogP contribution in [-0.2, 0) is 14.8 Å². The molecule has 3 rings (SSSR count). The van der Waals surface area contributed by atoms with E-state index in [0.29, 0.717) is 5.13 Å². The van der Waals surface area contributed by atoms with Crippen LogP contribution >= 0.6 is 34.7 Å². The van der Waals surface area contributed by atoms with Gasteiger partial charge in [-0.05, 0) is 30.0 Å². The number of rotatable bonds is 8. The Morgan fingerprint density at radius 2 is 1.83 bits per heavy atom. The SMILES string of the molecule is CCSc1nnc(NC(=O)CN(c2ccccc2Cl)S(=O)(=O)c2ccccc2)s1. The standard InChI is InChI=1S/C18H17ClN4O3S3/c1-2-27-18-22-21-17(28-18)20-16(24)12-23(15-11-7-6-10-14(15)19)29(25,26)13-8-4-3-5-9-13/h3-11H,2,12H2,1H3,(H,20,21,24). The maximum Gasteiger partial charge on any atom is 0.264 e. The fourth-order valence-corrected chi connectivity index (χ4v) is 5.82. The molecule has 29 heavy (non-hydrogen) atoms. The number of anilines is 2. The van der Waals surface area contributed by atoms with Crippen LogP contribution in [0.4, 0.5) is 10.8 Å². The maximum absolute atomic E-state index is 13.2. The molecular formula is C18H17ClN4O3S3. The second-order valence-electron chi connectivity index (χ2n) is 5.63. The van der Waals surface area contributed by atoms with Gasteiger partial charge in [0.1, 0.15) is 6.54 Å². The Hall–Kier alpha value is -2.14. The number of carbonyl (C=O) groups excluding carboxylic acids is 1. The molecule has 3 aromatic rings. The van der Waals surface area contributed by atoms with Crippen molar-refractivity contribution < 1.29 is 13.2 Å². The summed E-state index contributed by atoms with van der Waals surface area (Å²) in [4.78, 5) is 12.7. The smallest absolute Gasteiger partial charge is 0.264 e. The van der Waals surface area contributed by atoms with Crippen LogP contribution < -0.4 is 9.62 Å². The lowest BCUT2D eigenvalue weighted by Crippen LogP contribution is -2.38. The number of para-hydroxylation sites is 1. The summed E-state index contributed by atoms with van der Waals surface area (Å²) in [5.74, 6) is 0.284. The first-order valence-electron chi connectivity index (χ1n) is 8.50. The number of hydrogen-bond acceptors (Lipinski definition) is 7. The zero-order valence-electron chi connectivity index (χ0n) is 15.3. The van der Waals surface area contributed by atoms with E-state index in [1.54, 1.807) is 42.5 Å². The van der Waals surface area contributed by atoms with Crippen molar-refractivity contribution in [1.82, 2.24) is 10.2 Å². The Labute approximate surface area is 182 Å². The van der Waals surface area contributed by atoms with E-state index in [1.807, 2.05) is 6.92 Å². The van der Waals surface area contributed by atoms with Crippen molar-refractivity contribution in [2.24, 2.45) is 0 Å². The van der Waals surface area contributed by atoms with E-state index in [2.05, 4.69) is 15.5 Å². The molecular weight excluding hydrogens is 452 g/mol. The topological polar surface area (TPSA) is 92.3 Å². The van der Waals surface area contributed by atoms with Crippen LogP contribution in [-0.4, -0.2) is 36.8 Å². The van der Waals surface area contributed by atoms with Crippen molar-refractivity contribution in [3.05, 3.63) is 59.6 Å². The van der Waals surface area contributed by atoms with E-state index in [0.717, 1.165) is 14.4 Å². The van der Waals surface area contributed by atoms with Crippen molar-refractivity contribution in [3.8, 4) is 0 Å². The fourth-order valence-electron chi connectivity index (χ4n) is 2.40. The molecule has 0 aliphatic heterocycles. The van der Waals surface area contributed by atoms with Gasteiger partial charge in [0, 0.05) is 0 Å². The van der Waals surface area contributed by atoms with E-state index < -0.39 is 22.5 Å². The highest BCUT2D eigenvalue weighted by atomic mass is 35.5. The highest BCUT2D eigenvalue weighted by molar-refractivity contribution is 8.01. The summed E-state index contributed by atoms with van der Waals surface area (Å²) in [5.41, 5.74) is 0.215. The third-order valence-corrected chi connectivity index (χ3v) is 7.61. The molecule has 7 nitrogen and oxygen atoms in total. The lowest BCUT2D eigenvalue weighted by molar-refractivity contribution is -0.114. The van der Waals surface area contributed by atoms with Gasteiger partial charge < -0.3 is 0 Å². The molecule has 0 radical (unpaired) electrons. The average molecular weight is 469 g/mol. The molecule has 0 bridgehead atoms. The van der Waals surface area contributed by atoms with E-state index in [4.69, 9.17) is 11.6 Å². The summed E-state index contributed by atoms with van der Waals surface area (Å²) < 4.78 is 28.2. The van der Waals surface area contributed by atoms with Gasteiger partial charge in [-0.25, -0.2) is 8.42 Å². The van der Waals surface area contributed by atoms with Crippen molar-refractivity contribution in [2.75, 3.05) is 21.9 Å². The zero-order chi connectivity index (χ0) is 20.9. The number of benzene rings is 2. The largest absolute Gasteiger partial charge is 0.299 e. The quantitative estimate of drug-likeness (QED) is 0.394. The minimum Gasteiger partial charge on any atom is -0.299 e. The van der Waals surface area contributed by atoms with Gasteiger partial charge in [0.15, 0.2) is 4.34 Å². The number of aromatic nitrogens is 2. The highest BCUT2D eigenvalue weighted by Crippen LogP contribution is 2.30. The van der Waals surface area contributed by atoms with Crippen molar-refractivity contribution >= 4 is 61.4 Å². The van der Waals surface area contributed by atoms with Gasteiger partial charge in [-0.3, -0.25) is 14.4 Å². The van der Waals surface area contributed by atoms with Crippen LogP contribution in [0.3, 0.4) is 0 Å². The number of carbonyl (C=O) groups is 1. The number of halogens is 1. The number of nitrogens with one attached hydrogen (secondary N) is 1. The number of hydrogen-bond donors (Lipinski definition) is 1. The van der Waals surface area contributed by atoms with Crippen LogP contribution in [0.5, 0.6) is 0 Å². The summed E-state index contributed by atoms with van der Waals surface area (Å²) in [6, 6.07) is 14.4. The van der Waals surface area contributed by atoms with Gasteiger partial charge in [0.25, 0.3) is 10.0 Å². The van der Waals surface area contributed by atoms with E-state index in [-0.39, 0.29) is 15.6 Å². The Morgan fingerprint density at radius 1 is 1.14 bits per heavy atom. The molecule has 1 N–H and O–H groups in total. The van der Waals surface area contributed by atoms with Gasteiger partial charge in [-0.1, -0.05) is 72.0 Å². The minimum absolute atomic E-state index is 0.0604. The average Bonchev–Trinajstić information content (AvgIpc) is 3.14. The van der Waals surface area contributed by atoms with Crippen LogP contribution in [0.1, 0.15) is 6.92 Å². The molecule has 2 aromatic carbocycles. The second-order valence-corrected chi connectivity index (χ2v) is 10.4. The lowest BCUT2D eigenvalue weighted by Gasteiger charge is -2.24. The molecule has 0 saturated heterocycles. The summed E-state index contributed by atoms with van der Waals surface area (Å²) in [6.45, 7) is 1.52. The van der Waals surface area contributed by atoms with Crippen LogP contribution in [0.25, 0.3) is 0 Å². The van der Waals surface area contributed by atoms with Crippen molar-refractivity contribution in [1.29, 1.82) is 0 Å². The van der Waals surface area contributed by atoms with E-state index >= 15 is 0 Å². The van der Waals surface area contributed by atoms with Gasteiger partial charge in [0.05, 0.1) is 15.6 Å². The lowest BCUT2D eigenvalue weighted by atomic mass is 10.3. The minimum atomic E-state index is -4.02. The Morgan fingerprint density at radius 3 is 2.52 bits per heavy atom. The van der Waals surface area contributed by atoms with Crippen molar-refractivity contribution in [3.63, 3.8) is 0 Å². The molecule has 0 aliphatic rings. The van der Waals surface area contributed by atoms with Crippen LogP contribution in [0, 0.1) is 0 Å². The van der Waals surface area contributed by atoms with E-state index in [1.165, 1.54) is 35.2 Å². The highest BCUT2D eigenvalue weighted by Gasteiger charge is 2.28. The number of sulfonamides is 1. The number of amides is 1. The van der Waals surface area contributed by atoms with Gasteiger partial charge in [-0.2, -0.15) is 0 Å². The summed E-state index contributed by atoms with van der Waals surface area (Å²) in [5, 5.41) is 11.0. The zero-order valence-corrected chi connectivity index (χ0v) is 18.5. The van der Waals surface area contributed by atoms with Crippen LogP contribution in [0.15, 0.2) is 63.8 Å². The molecule has 0 unspecified atom stereocenters. The Balaban J connectivity index is 1.89. The third kappa shape index (κ3) is 5.27. The number of thioether (sulfide) groups is 1. The molecule has 152 valence electrons. The van der Waals surface area contributed by atoms with Gasteiger partial charge in [-0.15, -0.1) is 10.2 Å². The Kier molecular flexibility index (Phi) is 7.12. The van der Waals surface area contributed by atoms with Crippen molar-refractivity contribution in [2.45, 2.75) is 16.2 Å². The normalized spacial score (nSPS) is 11.2. The molecule has 11 heteroatoms. The third-order valence-electron chi connectivity index (χ3n) is 3.66. The molecule has 0 spiro atoms. The summed E-state index contributed by atoms with van der Waals surface area (Å²) >= 11 is 8.97. The summed E-state index contributed by atoms with van der Waals surface area (Å²) in [6.07, 6.45) is 0. The first-order valence-corrected chi connectivity index (χ1v) is 12.1. The number of nitrogens with zero attached hydrogens (tertiary/aromatic N) is 3. The molecule has 1 amide bonds. The van der Waals surface area contributed by atoms with Crippen LogP contribution in [0.2, 0.25) is 5.02 Å². The first kappa shape index (κ1) is 21.6. The predicted molar refractivity (Wildman–Crippen MR) is 117 cm³/mol. The monoisotopic (exact) mass is 468 g/mol. The van der Waals surface area contributed by atoms with E-state index in [9.17, 15) is 13.2 Å². The molecule has 0 saturated carbocycles. The van der Waals surface area contributed by atoms with Gasteiger partial charge >= 0.3 is 0 Å². The fraction of sp³-hybridized carbons (Fsp3) is 0.167. The predicted octanol–water partition coefficient (Wildman–Crippen LogP) is 4.14. The second kappa shape index (κ2) is 9.57. The van der Waals surface area contributed by atoms with Gasteiger partial charge in [0.2, 0.25) is 11.0 Å². The molecule has 1 heterocycles. The Bertz CT molecular complexity index is 1090. The molecule has 0 fully saturated rings. The first-order chi connectivity index (χ1) is 13.9. The molecule has 0 atom stereocenters.